The number of aliphatic hydroxyl groups excluding tert-OH is 2. The van der Waals surface area contributed by atoms with Gasteiger partial charge in [0.15, 0.2) is 0 Å². The topological polar surface area (TPSA) is 95.6 Å². The van der Waals surface area contributed by atoms with Crippen LogP contribution < -0.4 is 11.1 Å². The van der Waals surface area contributed by atoms with Gasteiger partial charge in [-0.05, 0) is 18.2 Å². The van der Waals surface area contributed by atoms with E-state index in [1.165, 1.54) is 12.1 Å². The molecule has 1 atom stereocenters. The van der Waals surface area contributed by atoms with Gasteiger partial charge in [-0.25, -0.2) is 0 Å². The number of amides is 1. The van der Waals surface area contributed by atoms with E-state index in [0.29, 0.717) is 5.02 Å². The predicted molar refractivity (Wildman–Crippen MR) is 61.3 cm³/mol. The van der Waals surface area contributed by atoms with Crippen LogP contribution in [0, 0.1) is 0 Å². The van der Waals surface area contributed by atoms with Gasteiger partial charge in [-0.2, -0.15) is 0 Å². The Labute approximate surface area is 97.8 Å². The van der Waals surface area contributed by atoms with Crippen molar-refractivity contribution in [1.29, 1.82) is 0 Å². The second-order valence-electron chi connectivity index (χ2n) is 3.28. The molecular weight excluding hydrogens is 232 g/mol. The molecule has 1 unspecified atom stereocenters. The lowest BCUT2D eigenvalue weighted by Crippen LogP contribution is -2.34. The Hall–Kier alpha value is -1.30. The first-order valence-electron chi connectivity index (χ1n) is 4.66. The van der Waals surface area contributed by atoms with Crippen LogP contribution >= 0.6 is 11.6 Å². The summed E-state index contributed by atoms with van der Waals surface area (Å²) in [5, 5.41) is 20.5. The number of halogens is 1. The van der Waals surface area contributed by atoms with Crippen LogP contribution in [0.2, 0.25) is 5.02 Å². The Morgan fingerprint density at radius 2 is 2.25 bits per heavy atom. The summed E-state index contributed by atoms with van der Waals surface area (Å²) in [5.41, 5.74) is 6.16. The maximum Gasteiger partial charge on any atom is 0.253 e. The van der Waals surface area contributed by atoms with Gasteiger partial charge in [0, 0.05) is 17.3 Å². The van der Waals surface area contributed by atoms with E-state index >= 15 is 0 Å². The molecule has 0 saturated carbocycles. The van der Waals surface area contributed by atoms with E-state index in [1.807, 2.05) is 0 Å². The van der Waals surface area contributed by atoms with E-state index in [9.17, 15) is 4.79 Å². The third kappa shape index (κ3) is 3.37. The number of benzene rings is 1. The molecule has 1 aromatic rings. The predicted octanol–water partition coefficient (Wildman–Crippen LogP) is 0.00520. The van der Waals surface area contributed by atoms with E-state index < -0.39 is 18.6 Å². The summed E-state index contributed by atoms with van der Waals surface area (Å²) in [6, 6.07) is 4.52. The highest BCUT2D eigenvalue weighted by Gasteiger charge is 2.11. The molecule has 0 saturated heterocycles. The smallest absolute Gasteiger partial charge is 0.253 e. The fourth-order valence-electron chi connectivity index (χ4n) is 1.11. The maximum atomic E-state index is 11.6. The molecule has 6 heteroatoms. The molecule has 0 aliphatic rings. The number of nitrogen functional groups attached to an aromatic ring is 1. The van der Waals surface area contributed by atoms with Crippen molar-refractivity contribution in [2.75, 3.05) is 18.9 Å². The van der Waals surface area contributed by atoms with E-state index in [2.05, 4.69) is 5.32 Å². The Bertz CT molecular complexity index is 384. The molecule has 0 aliphatic carbocycles. The number of aliphatic hydroxyl groups is 2. The molecule has 1 aromatic carbocycles. The number of carbonyl (C=O) groups is 1. The summed E-state index contributed by atoms with van der Waals surface area (Å²) in [6.45, 7) is -0.437. The van der Waals surface area contributed by atoms with Crippen molar-refractivity contribution in [2.45, 2.75) is 6.10 Å². The largest absolute Gasteiger partial charge is 0.398 e. The van der Waals surface area contributed by atoms with Crippen LogP contribution in [0.15, 0.2) is 18.2 Å². The van der Waals surface area contributed by atoms with Gasteiger partial charge in [0.05, 0.1) is 18.3 Å². The fraction of sp³-hybridized carbons (Fsp3) is 0.300. The quantitative estimate of drug-likeness (QED) is 0.561. The molecule has 1 rings (SSSR count). The zero-order valence-corrected chi connectivity index (χ0v) is 9.24. The summed E-state index contributed by atoms with van der Waals surface area (Å²) >= 11 is 5.69. The summed E-state index contributed by atoms with van der Waals surface area (Å²) < 4.78 is 0. The number of anilines is 1. The Morgan fingerprint density at radius 1 is 1.56 bits per heavy atom. The van der Waals surface area contributed by atoms with Crippen molar-refractivity contribution < 1.29 is 15.0 Å². The van der Waals surface area contributed by atoms with Crippen LogP contribution in [0.25, 0.3) is 0 Å². The van der Waals surface area contributed by atoms with Crippen molar-refractivity contribution in [1.82, 2.24) is 5.32 Å². The number of hydrogen-bond acceptors (Lipinski definition) is 4. The first-order valence-corrected chi connectivity index (χ1v) is 5.04. The van der Waals surface area contributed by atoms with Crippen molar-refractivity contribution in [3.8, 4) is 0 Å². The molecular formula is C10H13ClN2O3. The van der Waals surface area contributed by atoms with Crippen molar-refractivity contribution in [2.24, 2.45) is 0 Å². The van der Waals surface area contributed by atoms with Crippen molar-refractivity contribution in [3.05, 3.63) is 28.8 Å². The monoisotopic (exact) mass is 244 g/mol. The number of nitrogens with two attached hydrogens (primary N) is 1. The SMILES string of the molecule is Nc1cc(Cl)ccc1C(=O)NCC(O)CO. The van der Waals surface area contributed by atoms with Gasteiger partial charge in [0.2, 0.25) is 0 Å². The third-order valence-corrected chi connectivity index (χ3v) is 2.20. The molecule has 16 heavy (non-hydrogen) atoms. The third-order valence-electron chi connectivity index (χ3n) is 1.97. The maximum absolute atomic E-state index is 11.6. The summed E-state index contributed by atoms with van der Waals surface area (Å²) in [5.74, 6) is -0.415. The van der Waals surface area contributed by atoms with Crippen LogP contribution in [-0.2, 0) is 0 Å². The highest BCUT2D eigenvalue weighted by Crippen LogP contribution is 2.17. The minimum atomic E-state index is -0.975. The molecule has 0 aromatic heterocycles. The van der Waals surface area contributed by atoms with Gasteiger partial charge >= 0.3 is 0 Å². The van der Waals surface area contributed by atoms with Crippen LogP contribution in [0.1, 0.15) is 10.4 Å². The van der Waals surface area contributed by atoms with E-state index in [4.69, 9.17) is 27.5 Å². The summed E-state index contributed by atoms with van der Waals surface area (Å²) in [6.07, 6.45) is -0.975. The minimum absolute atomic E-state index is 0.0304. The summed E-state index contributed by atoms with van der Waals surface area (Å²) in [4.78, 5) is 11.6. The molecule has 0 heterocycles. The first-order chi connectivity index (χ1) is 7.54. The number of nitrogens with one attached hydrogen (secondary N) is 1. The van der Waals surface area contributed by atoms with Gasteiger partial charge in [0.1, 0.15) is 0 Å². The Kier molecular flexibility index (Phi) is 4.54. The molecule has 5 N–H and O–H groups in total. The Morgan fingerprint density at radius 3 is 2.81 bits per heavy atom. The number of carbonyl (C=O) groups excluding carboxylic acids is 1. The lowest BCUT2D eigenvalue weighted by molar-refractivity contribution is 0.0802. The van der Waals surface area contributed by atoms with Crippen molar-refractivity contribution in [3.63, 3.8) is 0 Å². The molecule has 1 amide bonds. The zero-order valence-electron chi connectivity index (χ0n) is 8.48. The van der Waals surface area contributed by atoms with E-state index in [1.54, 1.807) is 6.07 Å². The zero-order chi connectivity index (χ0) is 12.1. The Balaban J connectivity index is 2.66. The fourth-order valence-corrected chi connectivity index (χ4v) is 1.29. The first kappa shape index (κ1) is 12.8. The standard InChI is InChI=1S/C10H13ClN2O3/c11-6-1-2-8(9(12)3-6)10(16)13-4-7(15)5-14/h1-3,7,14-15H,4-5,12H2,(H,13,16). The molecule has 88 valence electrons. The second-order valence-corrected chi connectivity index (χ2v) is 3.71. The van der Waals surface area contributed by atoms with E-state index in [0.717, 1.165) is 0 Å². The van der Waals surface area contributed by atoms with Gasteiger partial charge in [-0.1, -0.05) is 11.6 Å². The average Bonchev–Trinajstić information content (AvgIpc) is 2.25. The normalized spacial score (nSPS) is 12.2. The van der Waals surface area contributed by atoms with Gasteiger partial charge in [-0.3, -0.25) is 4.79 Å². The van der Waals surface area contributed by atoms with Gasteiger partial charge in [0.25, 0.3) is 5.91 Å². The molecule has 5 nitrogen and oxygen atoms in total. The van der Waals surface area contributed by atoms with Crippen LogP contribution in [0.5, 0.6) is 0 Å². The highest BCUT2D eigenvalue weighted by atomic mass is 35.5. The van der Waals surface area contributed by atoms with Crippen molar-refractivity contribution >= 4 is 23.2 Å². The average molecular weight is 245 g/mol. The van der Waals surface area contributed by atoms with Crippen LogP contribution in [-0.4, -0.2) is 35.4 Å². The van der Waals surface area contributed by atoms with Crippen LogP contribution in [0.4, 0.5) is 5.69 Å². The van der Waals surface area contributed by atoms with E-state index in [-0.39, 0.29) is 17.8 Å². The van der Waals surface area contributed by atoms with Crippen LogP contribution in [0.3, 0.4) is 0 Å². The lowest BCUT2D eigenvalue weighted by Gasteiger charge is -2.10. The molecule has 0 spiro atoms. The molecule has 0 aliphatic heterocycles. The number of rotatable bonds is 4. The highest BCUT2D eigenvalue weighted by molar-refractivity contribution is 6.31. The lowest BCUT2D eigenvalue weighted by atomic mass is 10.1. The molecule has 0 bridgehead atoms. The number of hydrogen-bond donors (Lipinski definition) is 4. The molecule has 0 fully saturated rings. The second kappa shape index (κ2) is 5.69. The minimum Gasteiger partial charge on any atom is -0.398 e. The van der Waals surface area contributed by atoms with Gasteiger partial charge < -0.3 is 21.3 Å². The summed E-state index contributed by atoms with van der Waals surface area (Å²) in [7, 11) is 0. The van der Waals surface area contributed by atoms with Gasteiger partial charge in [-0.15, -0.1) is 0 Å². The molecule has 0 radical (unpaired) electrons.